The largest absolute Gasteiger partial charge is 0.356 e. The molecule has 0 fully saturated rings. The summed E-state index contributed by atoms with van der Waals surface area (Å²) in [6.07, 6.45) is 1.01. The molecule has 4 heteroatoms. The van der Waals surface area contributed by atoms with Crippen molar-refractivity contribution in [1.29, 1.82) is 0 Å². The summed E-state index contributed by atoms with van der Waals surface area (Å²) in [5.41, 5.74) is 0.731. The number of anilines is 1. The van der Waals surface area contributed by atoms with Gasteiger partial charge in [0, 0.05) is 12.6 Å². The summed E-state index contributed by atoms with van der Waals surface area (Å²) in [6.45, 7) is 6.93. The molecule has 0 unspecified atom stereocenters. The highest BCUT2D eigenvalue weighted by molar-refractivity contribution is 5.25. The van der Waals surface area contributed by atoms with Crippen molar-refractivity contribution in [2.75, 3.05) is 11.9 Å². The highest BCUT2D eigenvalue weighted by Gasteiger charge is 2.03. The molecule has 0 saturated heterocycles. The van der Waals surface area contributed by atoms with E-state index in [0.717, 1.165) is 18.7 Å². The third-order valence-corrected chi connectivity index (χ3v) is 1.90. The van der Waals surface area contributed by atoms with E-state index in [0.29, 0.717) is 5.95 Å². The molecule has 1 aromatic heterocycles. The fourth-order valence-electron chi connectivity index (χ4n) is 1.10. The maximum atomic E-state index is 11.2. The Bertz CT molecular complexity index is 343. The van der Waals surface area contributed by atoms with Crippen LogP contribution in [0.4, 0.5) is 5.95 Å². The minimum Gasteiger partial charge on any atom is -0.356 e. The van der Waals surface area contributed by atoms with Gasteiger partial charge in [-0.15, -0.1) is 0 Å². The SMILES string of the molecule is CCCNc1nc(C(C)C)cc(=O)[nH]1. The van der Waals surface area contributed by atoms with Gasteiger partial charge >= 0.3 is 0 Å². The molecule has 4 nitrogen and oxygen atoms in total. The average molecular weight is 195 g/mol. The second-order valence-electron chi connectivity index (χ2n) is 3.60. The summed E-state index contributed by atoms with van der Waals surface area (Å²) < 4.78 is 0. The Morgan fingerprint density at radius 2 is 2.29 bits per heavy atom. The van der Waals surface area contributed by atoms with Crippen LogP contribution in [0.2, 0.25) is 0 Å². The van der Waals surface area contributed by atoms with Crippen LogP contribution in [0.25, 0.3) is 0 Å². The van der Waals surface area contributed by atoms with Crippen molar-refractivity contribution in [2.24, 2.45) is 0 Å². The van der Waals surface area contributed by atoms with E-state index in [4.69, 9.17) is 0 Å². The Hall–Kier alpha value is -1.32. The molecule has 0 atom stereocenters. The van der Waals surface area contributed by atoms with E-state index in [1.54, 1.807) is 6.07 Å². The van der Waals surface area contributed by atoms with Crippen molar-refractivity contribution in [3.63, 3.8) is 0 Å². The van der Waals surface area contributed by atoms with Gasteiger partial charge in [-0.25, -0.2) is 4.98 Å². The van der Waals surface area contributed by atoms with Gasteiger partial charge in [0.15, 0.2) is 0 Å². The third kappa shape index (κ3) is 2.87. The molecule has 1 rings (SSSR count). The Labute approximate surface area is 83.8 Å². The maximum absolute atomic E-state index is 11.2. The maximum Gasteiger partial charge on any atom is 0.252 e. The van der Waals surface area contributed by atoms with Gasteiger partial charge in [0.25, 0.3) is 5.56 Å². The van der Waals surface area contributed by atoms with Crippen LogP contribution in [0.3, 0.4) is 0 Å². The quantitative estimate of drug-likeness (QED) is 0.769. The van der Waals surface area contributed by atoms with Crippen molar-refractivity contribution in [2.45, 2.75) is 33.1 Å². The molecule has 0 aliphatic carbocycles. The van der Waals surface area contributed by atoms with Gasteiger partial charge in [-0.2, -0.15) is 0 Å². The zero-order valence-corrected chi connectivity index (χ0v) is 8.92. The summed E-state index contributed by atoms with van der Waals surface area (Å²) in [5, 5.41) is 3.06. The van der Waals surface area contributed by atoms with E-state index in [1.165, 1.54) is 0 Å². The van der Waals surface area contributed by atoms with Crippen molar-refractivity contribution in [3.8, 4) is 0 Å². The molecule has 0 bridgehead atoms. The van der Waals surface area contributed by atoms with Crippen LogP contribution in [0.1, 0.15) is 38.8 Å². The van der Waals surface area contributed by atoms with Crippen molar-refractivity contribution in [1.82, 2.24) is 9.97 Å². The summed E-state index contributed by atoms with van der Waals surface area (Å²) in [6, 6.07) is 1.54. The van der Waals surface area contributed by atoms with Crippen LogP contribution in [-0.4, -0.2) is 16.5 Å². The zero-order valence-electron chi connectivity index (χ0n) is 8.92. The topological polar surface area (TPSA) is 57.8 Å². The number of hydrogen-bond donors (Lipinski definition) is 2. The molecule has 0 aliphatic rings. The Morgan fingerprint density at radius 3 is 2.86 bits per heavy atom. The minimum absolute atomic E-state index is 0.0951. The summed E-state index contributed by atoms with van der Waals surface area (Å²) in [7, 11) is 0. The first kappa shape index (κ1) is 10.8. The molecular weight excluding hydrogens is 178 g/mol. The first-order valence-corrected chi connectivity index (χ1v) is 4.98. The van der Waals surface area contributed by atoms with Gasteiger partial charge in [0.05, 0.1) is 5.69 Å². The van der Waals surface area contributed by atoms with Crippen LogP contribution >= 0.6 is 0 Å². The third-order valence-electron chi connectivity index (χ3n) is 1.90. The van der Waals surface area contributed by atoms with Crippen LogP contribution in [0.15, 0.2) is 10.9 Å². The Morgan fingerprint density at radius 1 is 1.57 bits per heavy atom. The van der Waals surface area contributed by atoms with Crippen LogP contribution in [0.5, 0.6) is 0 Å². The lowest BCUT2D eigenvalue weighted by molar-refractivity contribution is 0.807. The molecule has 1 aromatic rings. The first-order valence-electron chi connectivity index (χ1n) is 4.98. The van der Waals surface area contributed by atoms with Crippen molar-refractivity contribution < 1.29 is 0 Å². The van der Waals surface area contributed by atoms with Gasteiger partial charge in [-0.1, -0.05) is 20.8 Å². The molecule has 14 heavy (non-hydrogen) atoms. The summed E-state index contributed by atoms with van der Waals surface area (Å²) in [4.78, 5) is 18.2. The second-order valence-corrected chi connectivity index (χ2v) is 3.60. The highest BCUT2D eigenvalue weighted by Crippen LogP contribution is 2.09. The highest BCUT2D eigenvalue weighted by atomic mass is 16.1. The van der Waals surface area contributed by atoms with Crippen LogP contribution < -0.4 is 10.9 Å². The lowest BCUT2D eigenvalue weighted by Crippen LogP contribution is -2.15. The van der Waals surface area contributed by atoms with Crippen molar-refractivity contribution in [3.05, 3.63) is 22.1 Å². The summed E-state index contributed by atoms with van der Waals surface area (Å²) >= 11 is 0. The molecular formula is C10H17N3O. The Kier molecular flexibility index (Phi) is 3.68. The molecule has 0 spiro atoms. The number of rotatable bonds is 4. The van der Waals surface area contributed by atoms with Gasteiger partial charge in [0.2, 0.25) is 5.95 Å². The standard InChI is InChI=1S/C10H17N3O/c1-4-5-11-10-12-8(7(2)3)6-9(14)13-10/h6-7H,4-5H2,1-3H3,(H2,11,12,13,14). The average Bonchev–Trinajstić information content (AvgIpc) is 2.14. The van der Waals surface area contributed by atoms with Crippen molar-refractivity contribution >= 4 is 5.95 Å². The van der Waals surface area contributed by atoms with E-state index in [9.17, 15) is 4.79 Å². The molecule has 78 valence electrons. The molecule has 0 saturated carbocycles. The molecule has 0 aliphatic heterocycles. The first-order chi connectivity index (χ1) is 6.63. The molecule has 2 N–H and O–H groups in total. The van der Waals surface area contributed by atoms with Crippen LogP contribution in [0, 0.1) is 0 Å². The van der Waals surface area contributed by atoms with Gasteiger partial charge in [0.1, 0.15) is 0 Å². The zero-order chi connectivity index (χ0) is 10.6. The van der Waals surface area contributed by atoms with Crippen LogP contribution in [-0.2, 0) is 0 Å². The van der Waals surface area contributed by atoms with Gasteiger partial charge in [-0.05, 0) is 12.3 Å². The number of aromatic nitrogens is 2. The fourth-order valence-corrected chi connectivity index (χ4v) is 1.10. The van der Waals surface area contributed by atoms with E-state index in [1.807, 2.05) is 13.8 Å². The fraction of sp³-hybridized carbons (Fsp3) is 0.600. The molecule has 1 heterocycles. The number of H-pyrrole nitrogens is 1. The van der Waals surface area contributed by atoms with Gasteiger partial charge in [-0.3, -0.25) is 9.78 Å². The summed E-state index contributed by atoms with van der Waals surface area (Å²) in [5.74, 6) is 0.850. The number of nitrogens with zero attached hydrogens (tertiary/aromatic N) is 1. The van der Waals surface area contributed by atoms with Gasteiger partial charge < -0.3 is 5.32 Å². The van der Waals surface area contributed by atoms with E-state index >= 15 is 0 Å². The second kappa shape index (κ2) is 4.79. The Balaban J connectivity index is 2.90. The van der Waals surface area contributed by atoms with E-state index in [-0.39, 0.29) is 11.5 Å². The number of nitrogens with one attached hydrogen (secondary N) is 2. The molecule has 0 amide bonds. The predicted octanol–water partition coefficient (Wildman–Crippen LogP) is 1.72. The smallest absolute Gasteiger partial charge is 0.252 e. The number of hydrogen-bond acceptors (Lipinski definition) is 3. The normalized spacial score (nSPS) is 10.6. The van der Waals surface area contributed by atoms with E-state index < -0.39 is 0 Å². The molecule has 0 aromatic carbocycles. The monoisotopic (exact) mass is 195 g/mol. The van der Waals surface area contributed by atoms with E-state index in [2.05, 4.69) is 22.2 Å². The molecule has 0 radical (unpaired) electrons. The predicted molar refractivity (Wildman–Crippen MR) is 57.7 cm³/mol. The minimum atomic E-state index is -0.0951. The lowest BCUT2D eigenvalue weighted by Gasteiger charge is -2.07. The number of aromatic amines is 1. The lowest BCUT2D eigenvalue weighted by atomic mass is 10.1.